The van der Waals surface area contributed by atoms with Gasteiger partial charge in [0.1, 0.15) is 0 Å². The lowest BCUT2D eigenvalue weighted by molar-refractivity contribution is -0.137. The third-order valence-corrected chi connectivity index (χ3v) is 0.956. The third kappa shape index (κ3) is 5.37. The number of carbonyl (C=O) groups excluding carboxylic acids is 1. The van der Waals surface area contributed by atoms with Crippen LogP contribution in [0.1, 0.15) is 6.42 Å². The van der Waals surface area contributed by atoms with E-state index in [0.717, 1.165) is 6.08 Å². The zero-order valence-corrected chi connectivity index (χ0v) is 5.86. The molecule has 0 unspecified atom stereocenters. The van der Waals surface area contributed by atoms with E-state index in [9.17, 15) is 4.79 Å². The van der Waals surface area contributed by atoms with E-state index in [0.29, 0.717) is 18.9 Å². The molecule has 0 fully saturated rings. The maximum absolute atomic E-state index is 10.3. The van der Waals surface area contributed by atoms with Crippen molar-refractivity contribution in [2.75, 3.05) is 12.5 Å². The Balaban J connectivity index is 3.07. The van der Waals surface area contributed by atoms with Crippen molar-refractivity contribution in [1.82, 2.24) is 0 Å². The molecule has 0 spiro atoms. The van der Waals surface area contributed by atoms with Crippen LogP contribution in [0, 0.1) is 0 Å². The molecule has 0 aliphatic carbocycles. The van der Waals surface area contributed by atoms with E-state index in [1.807, 2.05) is 0 Å². The highest BCUT2D eigenvalue weighted by molar-refractivity contribution is 6.17. The molecule has 9 heavy (non-hydrogen) atoms. The van der Waals surface area contributed by atoms with E-state index < -0.39 is 0 Å². The molecule has 0 aromatic carbocycles. The van der Waals surface area contributed by atoms with Gasteiger partial charge in [-0.1, -0.05) is 6.58 Å². The first kappa shape index (κ1) is 8.50. The Morgan fingerprint density at radius 1 is 1.78 bits per heavy atom. The maximum atomic E-state index is 10.3. The molecule has 0 rings (SSSR count). The lowest BCUT2D eigenvalue weighted by Crippen LogP contribution is -2.01. The molecule has 0 bridgehead atoms. The number of rotatable bonds is 4. The van der Waals surface area contributed by atoms with Gasteiger partial charge in [0.2, 0.25) is 0 Å². The molecule has 0 saturated heterocycles. The summed E-state index contributed by atoms with van der Waals surface area (Å²) >= 11 is 5.31. The quantitative estimate of drug-likeness (QED) is 0.260. The van der Waals surface area contributed by atoms with Crippen LogP contribution in [0.4, 0.5) is 0 Å². The van der Waals surface area contributed by atoms with Gasteiger partial charge in [-0.3, -0.25) is 0 Å². The summed E-state index contributed by atoms with van der Waals surface area (Å²) in [6.45, 7) is 3.62. The van der Waals surface area contributed by atoms with Gasteiger partial charge < -0.3 is 4.74 Å². The van der Waals surface area contributed by atoms with Gasteiger partial charge in [-0.25, -0.2) is 4.79 Å². The van der Waals surface area contributed by atoms with E-state index in [1.165, 1.54) is 0 Å². The zero-order chi connectivity index (χ0) is 7.11. The molecule has 0 aromatic rings. The van der Waals surface area contributed by atoms with Gasteiger partial charge in [0.05, 0.1) is 6.61 Å². The van der Waals surface area contributed by atoms with Crippen molar-refractivity contribution < 1.29 is 9.53 Å². The lowest BCUT2D eigenvalue weighted by atomic mass is 10.5. The largest absolute Gasteiger partial charge is 0.463 e. The van der Waals surface area contributed by atoms with Gasteiger partial charge in [-0.05, 0) is 6.42 Å². The fourth-order valence-corrected chi connectivity index (χ4v) is 0.395. The first-order chi connectivity index (χ1) is 4.31. The molecule has 0 aliphatic heterocycles. The number of esters is 1. The summed E-state index contributed by atoms with van der Waals surface area (Å²) in [4.78, 5) is 10.3. The van der Waals surface area contributed by atoms with Crippen LogP contribution in [0.2, 0.25) is 0 Å². The summed E-state index contributed by atoms with van der Waals surface area (Å²) in [7, 11) is 0. The number of ether oxygens (including phenoxy) is 1. The van der Waals surface area contributed by atoms with Crippen molar-refractivity contribution in [2.24, 2.45) is 0 Å². The minimum Gasteiger partial charge on any atom is -0.463 e. The van der Waals surface area contributed by atoms with Gasteiger partial charge >= 0.3 is 5.97 Å². The van der Waals surface area contributed by atoms with Crippen molar-refractivity contribution in [3.63, 3.8) is 0 Å². The van der Waals surface area contributed by atoms with Crippen LogP contribution in [-0.4, -0.2) is 18.5 Å². The van der Waals surface area contributed by atoms with E-state index >= 15 is 0 Å². The van der Waals surface area contributed by atoms with Crippen LogP contribution in [0.15, 0.2) is 12.7 Å². The SMILES string of the molecule is C=CC(=O)OCCCCl. The number of hydrogen-bond acceptors (Lipinski definition) is 2. The Bertz CT molecular complexity index is 101. The second-order valence-corrected chi connectivity index (χ2v) is 1.79. The topological polar surface area (TPSA) is 26.3 Å². The second-order valence-electron chi connectivity index (χ2n) is 1.41. The smallest absolute Gasteiger partial charge is 0.330 e. The van der Waals surface area contributed by atoms with E-state index in [4.69, 9.17) is 11.6 Å². The maximum Gasteiger partial charge on any atom is 0.330 e. The molecule has 0 amide bonds. The Morgan fingerprint density at radius 3 is 2.89 bits per heavy atom. The van der Waals surface area contributed by atoms with Crippen LogP contribution >= 0.6 is 11.6 Å². The summed E-state index contributed by atoms with van der Waals surface area (Å²) in [5, 5.41) is 0. The normalized spacial score (nSPS) is 8.56. The van der Waals surface area contributed by atoms with Gasteiger partial charge in [-0.2, -0.15) is 0 Å². The average molecular weight is 149 g/mol. The van der Waals surface area contributed by atoms with Crippen molar-refractivity contribution in [1.29, 1.82) is 0 Å². The molecule has 0 aromatic heterocycles. The fourth-order valence-electron chi connectivity index (χ4n) is 0.286. The predicted molar refractivity (Wildman–Crippen MR) is 36.5 cm³/mol. The van der Waals surface area contributed by atoms with Crippen molar-refractivity contribution in [3.8, 4) is 0 Å². The minimum absolute atomic E-state index is 0.383. The summed E-state index contributed by atoms with van der Waals surface area (Å²) < 4.78 is 4.59. The third-order valence-electron chi connectivity index (χ3n) is 0.689. The molecule has 2 nitrogen and oxygen atoms in total. The summed E-state index contributed by atoms with van der Waals surface area (Å²) in [6.07, 6.45) is 1.83. The zero-order valence-electron chi connectivity index (χ0n) is 5.10. The van der Waals surface area contributed by atoms with E-state index in [1.54, 1.807) is 0 Å². The molecule has 0 N–H and O–H groups in total. The minimum atomic E-state index is -0.389. The van der Waals surface area contributed by atoms with Gasteiger partial charge in [-0.15, -0.1) is 11.6 Å². The predicted octanol–water partition coefficient (Wildman–Crippen LogP) is 1.34. The van der Waals surface area contributed by atoms with Gasteiger partial charge in [0.15, 0.2) is 0 Å². The molecule has 0 radical (unpaired) electrons. The van der Waals surface area contributed by atoms with E-state index in [-0.39, 0.29) is 5.97 Å². The summed E-state index contributed by atoms with van der Waals surface area (Å²) in [6, 6.07) is 0. The molecule has 3 heteroatoms. The number of hydrogen-bond donors (Lipinski definition) is 0. The van der Waals surface area contributed by atoms with Crippen LogP contribution in [0.3, 0.4) is 0 Å². The Labute approximate surface area is 59.5 Å². The Morgan fingerprint density at radius 2 is 2.44 bits per heavy atom. The average Bonchev–Trinajstić information content (AvgIpc) is 1.89. The second kappa shape index (κ2) is 5.63. The molecular formula is C6H9ClO2. The van der Waals surface area contributed by atoms with Crippen LogP contribution in [-0.2, 0) is 9.53 Å². The highest BCUT2D eigenvalue weighted by Crippen LogP contribution is 1.86. The standard InChI is InChI=1S/C6H9ClO2/c1-2-6(8)9-5-3-4-7/h2H,1,3-5H2. The van der Waals surface area contributed by atoms with Crippen molar-refractivity contribution in [3.05, 3.63) is 12.7 Å². The monoisotopic (exact) mass is 148 g/mol. The highest BCUT2D eigenvalue weighted by atomic mass is 35.5. The number of carbonyl (C=O) groups is 1. The van der Waals surface area contributed by atoms with Crippen molar-refractivity contribution in [2.45, 2.75) is 6.42 Å². The Hall–Kier alpha value is -0.500. The summed E-state index contributed by atoms with van der Waals surface area (Å²) in [5.74, 6) is 0.129. The van der Waals surface area contributed by atoms with E-state index in [2.05, 4.69) is 11.3 Å². The molecule has 0 heterocycles. The highest BCUT2D eigenvalue weighted by Gasteiger charge is 1.91. The van der Waals surface area contributed by atoms with Crippen LogP contribution in [0.5, 0.6) is 0 Å². The molecule has 52 valence electrons. The number of alkyl halides is 1. The van der Waals surface area contributed by atoms with Crippen LogP contribution < -0.4 is 0 Å². The van der Waals surface area contributed by atoms with Crippen LogP contribution in [0.25, 0.3) is 0 Å². The summed E-state index contributed by atoms with van der Waals surface area (Å²) in [5.41, 5.74) is 0. The molecule has 0 atom stereocenters. The lowest BCUT2D eigenvalue weighted by Gasteiger charge is -1.96. The van der Waals surface area contributed by atoms with Gasteiger partial charge in [0.25, 0.3) is 0 Å². The van der Waals surface area contributed by atoms with Crippen molar-refractivity contribution >= 4 is 17.6 Å². The molecule has 0 saturated carbocycles. The Kier molecular flexibility index (Phi) is 5.32. The van der Waals surface area contributed by atoms with Gasteiger partial charge in [0, 0.05) is 12.0 Å². The number of halogens is 1. The molecular weight excluding hydrogens is 140 g/mol. The fraction of sp³-hybridized carbons (Fsp3) is 0.500. The molecule has 0 aliphatic rings. The first-order valence-corrected chi connectivity index (χ1v) is 3.20. The first-order valence-electron chi connectivity index (χ1n) is 2.66.